The first kappa shape index (κ1) is 16.6. The minimum Gasteiger partial charge on any atom is -0.507 e. The van der Waals surface area contributed by atoms with E-state index in [2.05, 4.69) is 13.8 Å². The van der Waals surface area contributed by atoms with Crippen LogP contribution in [0.5, 0.6) is 5.75 Å². The lowest BCUT2D eigenvalue weighted by atomic mass is 10.1. The third-order valence-corrected chi connectivity index (χ3v) is 4.02. The number of halogens is 1. The van der Waals surface area contributed by atoms with Crippen LogP contribution >= 0.6 is 11.6 Å². The molecule has 1 aromatic rings. The van der Waals surface area contributed by atoms with Gasteiger partial charge in [0.25, 0.3) is 5.91 Å². The summed E-state index contributed by atoms with van der Waals surface area (Å²) in [4.78, 5) is 28.3. The smallest absolute Gasteiger partial charge is 0.258 e. The van der Waals surface area contributed by atoms with Gasteiger partial charge in [-0.05, 0) is 31.0 Å². The van der Waals surface area contributed by atoms with Gasteiger partial charge in [0.15, 0.2) is 0 Å². The first-order valence-corrected chi connectivity index (χ1v) is 7.77. The predicted molar refractivity (Wildman–Crippen MR) is 85.0 cm³/mol. The Hall–Kier alpha value is -1.75. The van der Waals surface area contributed by atoms with Crippen molar-refractivity contribution >= 4 is 23.4 Å². The standard InChI is InChI=1S/C16H21ClN2O3/c1-10(2)9-18-6-7-19(11(3)15(18)21)16(22)13-8-12(17)4-5-14(13)20/h4-5,8,10-11,20H,6-7,9H2,1-3H3/t11-/m1/s1. The highest BCUT2D eigenvalue weighted by Crippen LogP contribution is 2.25. The summed E-state index contributed by atoms with van der Waals surface area (Å²) >= 11 is 5.89. The Morgan fingerprint density at radius 2 is 2.09 bits per heavy atom. The molecule has 0 radical (unpaired) electrons. The number of hydrogen-bond donors (Lipinski definition) is 1. The second-order valence-electron chi connectivity index (χ2n) is 6.01. The zero-order valence-corrected chi connectivity index (χ0v) is 13.8. The number of phenols is 1. The van der Waals surface area contributed by atoms with Crippen molar-refractivity contribution in [2.45, 2.75) is 26.8 Å². The first-order valence-electron chi connectivity index (χ1n) is 7.39. The van der Waals surface area contributed by atoms with Crippen LogP contribution in [0.2, 0.25) is 5.02 Å². The highest BCUT2D eigenvalue weighted by molar-refractivity contribution is 6.31. The number of amides is 2. The number of hydrogen-bond acceptors (Lipinski definition) is 3. The van der Waals surface area contributed by atoms with Gasteiger partial charge in [0.2, 0.25) is 5.91 Å². The molecule has 0 aliphatic carbocycles. The zero-order valence-electron chi connectivity index (χ0n) is 13.0. The lowest BCUT2D eigenvalue weighted by Gasteiger charge is -2.39. The molecule has 1 atom stereocenters. The van der Waals surface area contributed by atoms with Crippen LogP contribution in [0, 0.1) is 5.92 Å². The Morgan fingerprint density at radius 1 is 1.41 bits per heavy atom. The maximum absolute atomic E-state index is 12.6. The molecule has 1 heterocycles. The molecule has 1 aliphatic rings. The minimum atomic E-state index is -0.543. The molecule has 0 aromatic heterocycles. The average Bonchev–Trinajstić information content (AvgIpc) is 2.45. The van der Waals surface area contributed by atoms with E-state index in [4.69, 9.17) is 11.6 Å². The van der Waals surface area contributed by atoms with Gasteiger partial charge in [0, 0.05) is 24.7 Å². The second-order valence-corrected chi connectivity index (χ2v) is 6.45. The monoisotopic (exact) mass is 324 g/mol. The van der Waals surface area contributed by atoms with E-state index in [9.17, 15) is 14.7 Å². The Labute approximate surface area is 135 Å². The number of nitrogens with zero attached hydrogens (tertiary/aromatic N) is 2. The summed E-state index contributed by atoms with van der Waals surface area (Å²) in [6.07, 6.45) is 0. The molecule has 120 valence electrons. The van der Waals surface area contributed by atoms with Crippen molar-refractivity contribution in [3.8, 4) is 5.75 Å². The Bertz CT molecular complexity index is 589. The third kappa shape index (κ3) is 3.35. The van der Waals surface area contributed by atoms with E-state index in [1.165, 1.54) is 23.1 Å². The van der Waals surface area contributed by atoms with Gasteiger partial charge in [-0.3, -0.25) is 9.59 Å². The highest BCUT2D eigenvalue weighted by atomic mass is 35.5. The van der Waals surface area contributed by atoms with Crippen molar-refractivity contribution in [1.29, 1.82) is 0 Å². The molecular formula is C16H21ClN2O3. The molecule has 2 rings (SSSR count). The van der Waals surface area contributed by atoms with Crippen molar-refractivity contribution in [3.05, 3.63) is 28.8 Å². The number of phenolic OH excluding ortho intramolecular Hbond substituents is 1. The van der Waals surface area contributed by atoms with Crippen LogP contribution in [-0.2, 0) is 4.79 Å². The molecule has 1 saturated heterocycles. The summed E-state index contributed by atoms with van der Waals surface area (Å²) in [5, 5.41) is 10.2. The highest BCUT2D eigenvalue weighted by Gasteiger charge is 2.35. The maximum atomic E-state index is 12.6. The lowest BCUT2D eigenvalue weighted by molar-refractivity contribution is -0.140. The molecule has 6 heteroatoms. The van der Waals surface area contributed by atoms with Crippen LogP contribution in [-0.4, -0.2) is 52.4 Å². The lowest BCUT2D eigenvalue weighted by Crippen LogP contribution is -2.58. The topological polar surface area (TPSA) is 60.9 Å². The number of carbonyl (C=O) groups excluding carboxylic acids is 2. The maximum Gasteiger partial charge on any atom is 0.258 e. The molecule has 0 unspecified atom stereocenters. The summed E-state index contributed by atoms with van der Waals surface area (Å²) < 4.78 is 0. The van der Waals surface area contributed by atoms with E-state index >= 15 is 0 Å². The fourth-order valence-electron chi connectivity index (χ4n) is 2.66. The largest absolute Gasteiger partial charge is 0.507 e. The van der Waals surface area contributed by atoms with E-state index in [1.54, 1.807) is 11.8 Å². The normalized spacial score (nSPS) is 19.0. The fraction of sp³-hybridized carbons (Fsp3) is 0.500. The van der Waals surface area contributed by atoms with Crippen molar-refractivity contribution < 1.29 is 14.7 Å². The molecule has 1 N–H and O–H groups in total. The van der Waals surface area contributed by atoms with Crippen molar-refractivity contribution in [2.75, 3.05) is 19.6 Å². The Balaban J connectivity index is 2.18. The van der Waals surface area contributed by atoms with E-state index in [0.29, 0.717) is 30.6 Å². The zero-order chi connectivity index (χ0) is 16.4. The van der Waals surface area contributed by atoms with Crippen molar-refractivity contribution in [1.82, 2.24) is 9.80 Å². The Morgan fingerprint density at radius 3 is 2.73 bits per heavy atom. The molecule has 5 nitrogen and oxygen atoms in total. The van der Waals surface area contributed by atoms with Crippen molar-refractivity contribution in [2.24, 2.45) is 5.92 Å². The minimum absolute atomic E-state index is 0.0604. The molecule has 1 fully saturated rings. The molecule has 1 aromatic carbocycles. The van der Waals surface area contributed by atoms with Gasteiger partial charge < -0.3 is 14.9 Å². The van der Waals surface area contributed by atoms with E-state index < -0.39 is 6.04 Å². The third-order valence-electron chi connectivity index (χ3n) is 3.78. The van der Waals surface area contributed by atoms with Crippen LogP contribution < -0.4 is 0 Å². The summed E-state index contributed by atoms with van der Waals surface area (Å²) in [6, 6.07) is 3.79. The van der Waals surface area contributed by atoms with Crippen LogP contribution in [0.4, 0.5) is 0 Å². The first-order chi connectivity index (χ1) is 10.3. The van der Waals surface area contributed by atoms with E-state index in [-0.39, 0.29) is 23.1 Å². The second kappa shape index (κ2) is 6.57. The van der Waals surface area contributed by atoms with Gasteiger partial charge in [-0.25, -0.2) is 0 Å². The van der Waals surface area contributed by atoms with Gasteiger partial charge in [0.1, 0.15) is 11.8 Å². The van der Waals surface area contributed by atoms with Crippen LogP contribution in [0.3, 0.4) is 0 Å². The molecule has 0 bridgehead atoms. The fourth-order valence-corrected chi connectivity index (χ4v) is 2.84. The summed E-state index contributed by atoms with van der Waals surface area (Å²) in [6.45, 7) is 7.47. The number of carbonyl (C=O) groups is 2. The molecule has 22 heavy (non-hydrogen) atoms. The number of benzene rings is 1. The van der Waals surface area contributed by atoms with E-state index in [0.717, 1.165) is 0 Å². The summed E-state index contributed by atoms with van der Waals surface area (Å²) in [5.41, 5.74) is 0.129. The molecule has 2 amide bonds. The van der Waals surface area contributed by atoms with Gasteiger partial charge in [-0.1, -0.05) is 25.4 Å². The summed E-state index contributed by atoms with van der Waals surface area (Å²) in [7, 11) is 0. The molecule has 0 saturated carbocycles. The van der Waals surface area contributed by atoms with Crippen LogP contribution in [0.25, 0.3) is 0 Å². The van der Waals surface area contributed by atoms with E-state index in [1.807, 2.05) is 0 Å². The van der Waals surface area contributed by atoms with Gasteiger partial charge in [-0.15, -0.1) is 0 Å². The number of rotatable bonds is 3. The summed E-state index contributed by atoms with van der Waals surface area (Å²) in [5.74, 6) is -0.172. The molecular weight excluding hydrogens is 304 g/mol. The quantitative estimate of drug-likeness (QED) is 0.928. The molecule has 0 spiro atoms. The number of aromatic hydroxyl groups is 1. The average molecular weight is 325 g/mol. The van der Waals surface area contributed by atoms with Crippen LogP contribution in [0.1, 0.15) is 31.1 Å². The van der Waals surface area contributed by atoms with Crippen molar-refractivity contribution in [3.63, 3.8) is 0 Å². The Kier molecular flexibility index (Phi) is 4.96. The SMILES string of the molecule is CC(C)CN1CCN(C(=O)c2cc(Cl)ccc2O)[C@H](C)C1=O. The van der Waals surface area contributed by atoms with Crippen LogP contribution in [0.15, 0.2) is 18.2 Å². The predicted octanol–water partition coefficient (Wildman–Crippen LogP) is 2.37. The molecule has 1 aliphatic heterocycles. The van der Waals surface area contributed by atoms with Gasteiger partial charge >= 0.3 is 0 Å². The van der Waals surface area contributed by atoms with Gasteiger partial charge in [-0.2, -0.15) is 0 Å². The number of piperazine rings is 1. The van der Waals surface area contributed by atoms with Gasteiger partial charge in [0.05, 0.1) is 5.56 Å².